The molecular formula is C15H10FNO3. The lowest BCUT2D eigenvalue weighted by Gasteiger charge is -2.07. The largest absolute Gasteiger partial charge is 0.489 e. The Balaban J connectivity index is 1.72. The zero-order chi connectivity index (χ0) is 13.9. The van der Waals surface area contributed by atoms with Crippen molar-refractivity contribution >= 4 is 0 Å². The molecule has 1 aliphatic heterocycles. The van der Waals surface area contributed by atoms with Crippen LogP contribution in [-0.4, -0.2) is 6.79 Å². The highest BCUT2D eigenvalue weighted by atomic mass is 19.1. The Hall–Kier alpha value is -2.74. The van der Waals surface area contributed by atoms with Crippen LogP contribution in [-0.2, 0) is 6.61 Å². The quantitative estimate of drug-likeness (QED) is 0.861. The fourth-order valence-electron chi connectivity index (χ4n) is 1.88. The van der Waals surface area contributed by atoms with Crippen molar-refractivity contribution in [3.63, 3.8) is 0 Å². The molecule has 5 heteroatoms. The molecule has 2 aromatic rings. The summed E-state index contributed by atoms with van der Waals surface area (Å²) in [7, 11) is 0. The zero-order valence-electron chi connectivity index (χ0n) is 10.4. The van der Waals surface area contributed by atoms with Gasteiger partial charge in [-0.25, -0.2) is 4.39 Å². The molecule has 0 radical (unpaired) electrons. The van der Waals surface area contributed by atoms with Crippen molar-refractivity contribution in [2.24, 2.45) is 0 Å². The number of nitriles is 1. The Morgan fingerprint density at radius 3 is 2.85 bits per heavy atom. The fourth-order valence-corrected chi connectivity index (χ4v) is 1.88. The minimum Gasteiger partial charge on any atom is -0.489 e. The van der Waals surface area contributed by atoms with Crippen LogP contribution in [0.25, 0.3) is 0 Å². The van der Waals surface area contributed by atoms with E-state index in [0.29, 0.717) is 17.2 Å². The summed E-state index contributed by atoms with van der Waals surface area (Å²) >= 11 is 0. The van der Waals surface area contributed by atoms with Crippen molar-refractivity contribution in [2.45, 2.75) is 6.61 Å². The van der Waals surface area contributed by atoms with Crippen LogP contribution in [0, 0.1) is 17.1 Å². The normalized spacial score (nSPS) is 12.0. The van der Waals surface area contributed by atoms with Crippen LogP contribution in [0.5, 0.6) is 17.2 Å². The molecule has 0 N–H and O–H groups in total. The maximum Gasteiger partial charge on any atom is 0.231 e. The van der Waals surface area contributed by atoms with Crippen molar-refractivity contribution in [2.75, 3.05) is 6.79 Å². The third-order valence-corrected chi connectivity index (χ3v) is 2.90. The van der Waals surface area contributed by atoms with E-state index in [4.69, 9.17) is 19.5 Å². The maximum absolute atomic E-state index is 13.2. The summed E-state index contributed by atoms with van der Waals surface area (Å²) in [4.78, 5) is 0. The van der Waals surface area contributed by atoms with Crippen molar-refractivity contribution < 1.29 is 18.6 Å². The molecule has 0 saturated carbocycles. The van der Waals surface area contributed by atoms with E-state index >= 15 is 0 Å². The third-order valence-electron chi connectivity index (χ3n) is 2.90. The van der Waals surface area contributed by atoms with Crippen LogP contribution < -0.4 is 14.2 Å². The van der Waals surface area contributed by atoms with Gasteiger partial charge in [0.1, 0.15) is 24.2 Å². The summed E-state index contributed by atoms with van der Waals surface area (Å²) in [5.41, 5.74) is 0.734. The molecule has 2 aromatic carbocycles. The molecule has 1 heterocycles. The molecule has 0 atom stereocenters. The Morgan fingerprint density at radius 2 is 2.00 bits per heavy atom. The van der Waals surface area contributed by atoms with Gasteiger partial charge in [0, 0.05) is 6.07 Å². The van der Waals surface area contributed by atoms with E-state index in [2.05, 4.69) is 0 Å². The molecule has 0 aromatic heterocycles. The second-order valence-corrected chi connectivity index (χ2v) is 4.23. The van der Waals surface area contributed by atoms with E-state index in [1.165, 1.54) is 12.1 Å². The van der Waals surface area contributed by atoms with Gasteiger partial charge in [-0.1, -0.05) is 6.07 Å². The van der Waals surface area contributed by atoms with Crippen molar-refractivity contribution in [1.29, 1.82) is 5.26 Å². The first-order chi connectivity index (χ1) is 9.76. The number of ether oxygens (including phenoxy) is 3. The van der Waals surface area contributed by atoms with Gasteiger partial charge in [0.15, 0.2) is 11.5 Å². The fraction of sp³-hybridized carbons (Fsp3) is 0.133. The topological polar surface area (TPSA) is 51.5 Å². The Labute approximate surface area is 114 Å². The molecule has 0 aliphatic carbocycles. The second-order valence-electron chi connectivity index (χ2n) is 4.23. The standard InChI is InChI=1S/C15H10FNO3/c16-13-3-1-10(5-11(13)7-17)8-18-12-2-4-14-15(6-12)20-9-19-14/h1-6H,8-9H2. The van der Waals surface area contributed by atoms with Gasteiger partial charge in [0.25, 0.3) is 0 Å². The molecule has 3 rings (SSSR count). The first-order valence-corrected chi connectivity index (χ1v) is 5.97. The van der Waals surface area contributed by atoms with E-state index in [1.54, 1.807) is 30.3 Å². The van der Waals surface area contributed by atoms with Gasteiger partial charge in [-0.05, 0) is 29.8 Å². The SMILES string of the molecule is N#Cc1cc(COc2ccc3c(c2)OCO3)ccc1F. The molecule has 20 heavy (non-hydrogen) atoms. The third kappa shape index (κ3) is 2.36. The summed E-state index contributed by atoms with van der Waals surface area (Å²) in [5, 5.41) is 8.77. The molecule has 0 unspecified atom stereocenters. The van der Waals surface area contributed by atoms with Crippen LogP contribution in [0.15, 0.2) is 36.4 Å². The van der Waals surface area contributed by atoms with E-state index in [9.17, 15) is 4.39 Å². The van der Waals surface area contributed by atoms with E-state index in [1.807, 2.05) is 0 Å². The second kappa shape index (κ2) is 5.10. The first kappa shape index (κ1) is 12.3. The lowest BCUT2D eigenvalue weighted by atomic mass is 10.1. The zero-order valence-corrected chi connectivity index (χ0v) is 10.4. The molecule has 100 valence electrons. The monoisotopic (exact) mass is 271 g/mol. The molecule has 0 saturated heterocycles. The van der Waals surface area contributed by atoms with Crippen molar-refractivity contribution in [3.8, 4) is 23.3 Å². The predicted octanol–water partition coefficient (Wildman–Crippen LogP) is 3.01. The average Bonchev–Trinajstić information content (AvgIpc) is 2.94. The van der Waals surface area contributed by atoms with E-state index < -0.39 is 5.82 Å². The molecular weight excluding hydrogens is 261 g/mol. The number of fused-ring (bicyclic) bond motifs is 1. The molecule has 0 fully saturated rings. The minimum absolute atomic E-state index is 0.0109. The van der Waals surface area contributed by atoms with Gasteiger partial charge in [-0.15, -0.1) is 0 Å². The summed E-state index contributed by atoms with van der Waals surface area (Å²) in [6.07, 6.45) is 0. The van der Waals surface area contributed by atoms with Crippen molar-refractivity contribution in [1.82, 2.24) is 0 Å². The lowest BCUT2D eigenvalue weighted by molar-refractivity contribution is 0.173. The number of benzene rings is 2. The Kier molecular flexibility index (Phi) is 3.13. The average molecular weight is 271 g/mol. The highest BCUT2D eigenvalue weighted by Gasteiger charge is 2.13. The molecule has 1 aliphatic rings. The highest BCUT2D eigenvalue weighted by Crippen LogP contribution is 2.35. The van der Waals surface area contributed by atoms with Gasteiger partial charge in [0.05, 0.1) is 5.56 Å². The smallest absolute Gasteiger partial charge is 0.231 e. The first-order valence-electron chi connectivity index (χ1n) is 5.97. The summed E-state index contributed by atoms with van der Waals surface area (Å²) < 4.78 is 29.2. The number of hydrogen-bond donors (Lipinski definition) is 0. The number of nitrogens with zero attached hydrogens (tertiary/aromatic N) is 1. The maximum atomic E-state index is 13.2. The van der Waals surface area contributed by atoms with Crippen LogP contribution in [0.2, 0.25) is 0 Å². The van der Waals surface area contributed by atoms with Gasteiger partial charge >= 0.3 is 0 Å². The predicted molar refractivity (Wildman–Crippen MR) is 68.0 cm³/mol. The van der Waals surface area contributed by atoms with Gasteiger partial charge in [-0.3, -0.25) is 0 Å². The molecule has 0 spiro atoms. The summed E-state index contributed by atoms with van der Waals surface area (Å²) in [6.45, 7) is 0.455. The molecule has 0 bridgehead atoms. The number of halogens is 1. The van der Waals surface area contributed by atoms with Crippen LogP contribution in [0.1, 0.15) is 11.1 Å². The Bertz CT molecular complexity index is 694. The molecule has 0 amide bonds. The van der Waals surface area contributed by atoms with Crippen LogP contribution in [0.3, 0.4) is 0 Å². The summed E-state index contributed by atoms with van der Waals surface area (Å²) in [5.74, 6) is 1.42. The van der Waals surface area contributed by atoms with Crippen LogP contribution >= 0.6 is 0 Å². The van der Waals surface area contributed by atoms with E-state index in [-0.39, 0.29) is 19.0 Å². The number of hydrogen-bond acceptors (Lipinski definition) is 4. The lowest BCUT2D eigenvalue weighted by Crippen LogP contribution is -1.97. The highest BCUT2D eigenvalue weighted by molar-refractivity contribution is 5.47. The Morgan fingerprint density at radius 1 is 1.15 bits per heavy atom. The van der Waals surface area contributed by atoms with Crippen LogP contribution in [0.4, 0.5) is 4.39 Å². The molecule has 4 nitrogen and oxygen atoms in total. The van der Waals surface area contributed by atoms with Gasteiger partial charge in [-0.2, -0.15) is 5.26 Å². The van der Waals surface area contributed by atoms with Gasteiger partial charge < -0.3 is 14.2 Å². The minimum atomic E-state index is -0.528. The van der Waals surface area contributed by atoms with E-state index in [0.717, 1.165) is 5.56 Å². The number of rotatable bonds is 3. The van der Waals surface area contributed by atoms with Gasteiger partial charge in [0.2, 0.25) is 6.79 Å². The summed E-state index contributed by atoms with van der Waals surface area (Å²) in [6, 6.07) is 11.4. The van der Waals surface area contributed by atoms with Crippen molar-refractivity contribution in [3.05, 3.63) is 53.3 Å².